The summed E-state index contributed by atoms with van der Waals surface area (Å²) >= 11 is 6.17. The summed E-state index contributed by atoms with van der Waals surface area (Å²) in [6.07, 6.45) is 1.75. The number of aromatic nitrogens is 2. The minimum atomic E-state index is -0.300. The summed E-state index contributed by atoms with van der Waals surface area (Å²) < 4.78 is 7.13. The van der Waals surface area contributed by atoms with E-state index in [1.165, 1.54) is 6.92 Å². The van der Waals surface area contributed by atoms with Gasteiger partial charge in [0.25, 0.3) is 0 Å². The van der Waals surface area contributed by atoms with Crippen LogP contribution in [0.15, 0.2) is 48.7 Å². The summed E-state index contributed by atoms with van der Waals surface area (Å²) in [6, 6.07) is 13.3. The molecule has 31 heavy (non-hydrogen) atoms. The van der Waals surface area contributed by atoms with E-state index in [9.17, 15) is 9.59 Å². The number of esters is 1. The molecule has 4 rings (SSSR count). The fourth-order valence-corrected chi connectivity index (χ4v) is 4.15. The topological polar surface area (TPSA) is 73.2 Å². The largest absolute Gasteiger partial charge is 0.465 e. The molecular weight excluding hydrogens is 414 g/mol. The molecule has 0 aliphatic carbocycles. The lowest BCUT2D eigenvalue weighted by atomic mass is 9.98. The van der Waals surface area contributed by atoms with E-state index >= 15 is 0 Å². The van der Waals surface area contributed by atoms with E-state index in [1.54, 1.807) is 13.1 Å². The lowest BCUT2D eigenvalue weighted by Gasteiger charge is -2.10. The van der Waals surface area contributed by atoms with Crippen LogP contribution in [-0.2, 0) is 20.9 Å². The van der Waals surface area contributed by atoms with Crippen molar-refractivity contribution in [2.45, 2.75) is 27.3 Å². The van der Waals surface area contributed by atoms with Crippen molar-refractivity contribution in [1.29, 1.82) is 0 Å². The van der Waals surface area contributed by atoms with E-state index in [0.29, 0.717) is 17.3 Å². The van der Waals surface area contributed by atoms with Crippen LogP contribution in [-0.4, -0.2) is 28.0 Å². The number of anilines is 1. The van der Waals surface area contributed by atoms with Crippen molar-refractivity contribution in [3.8, 4) is 11.1 Å². The van der Waals surface area contributed by atoms with E-state index in [0.717, 1.165) is 38.6 Å². The summed E-state index contributed by atoms with van der Waals surface area (Å²) in [5.74, 6) is -0.445. The molecule has 2 heterocycles. The first kappa shape index (κ1) is 20.9. The first-order valence-corrected chi connectivity index (χ1v) is 10.4. The number of nitrogens with one attached hydrogen (secondary N) is 1. The number of nitrogens with zero attached hydrogens (tertiary/aromatic N) is 2. The Labute approximate surface area is 184 Å². The first-order valence-electron chi connectivity index (χ1n) is 9.99. The predicted molar refractivity (Wildman–Crippen MR) is 123 cm³/mol. The Balaban J connectivity index is 2.00. The molecule has 0 fully saturated rings. The smallest absolute Gasteiger partial charge is 0.325 e. The maximum atomic E-state index is 12.3. The second-order valence-electron chi connectivity index (χ2n) is 7.28. The second kappa shape index (κ2) is 8.40. The number of fused-ring (bicyclic) bond motifs is 2. The quantitative estimate of drug-likeness (QED) is 0.429. The second-order valence-corrected chi connectivity index (χ2v) is 7.72. The Morgan fingerprint density at radius 3 is 2.68 bits per heavy atom. The van der Waals surface area contributed by atoms with Crippen molar-refractivity contribution in [2.75, 3.05) is 11.9 Å². The molecule has 2 aromatic carbocycles. The average molecular weight is 436 g/mol. The van der Waals surface area contributed by atoms with Gasteiger partial charge < -0.3 is 14.6 Å². The van der Waals surface area contributed by atoms with E-state index in [-0.39, 0.29) is 18.4 Å². The molecule has 0 atom stereocenters. The number of carbonyl (C=O) groups is 2. The maximum absolute atomic E-state index is 12.3. The highest BCUT2D eigenvalue weighted by atomic mass is 35.5. The van der Waals surface area contributed by atoms with Crippen molar-refractivity contribution in [2.24, 2.45) is 0 Å². The van der Waals surface area contributed by atoms with Gasteiger partial charge in [-0.2, -0.15) is 0 Å². The molecule has 2 aromatic heterocycles. The van der Waals surface area contributed by atoms with Crippen LogP contribution in [0.25, 0.3) is 32.9 Å². The van der Waals surface area contributed by atoms with E-state index in [2.05, 4.69) is 10.3 Å². The molecule has 0 unspecified atom stereocenters. The van der Waals surface area contributed by atoms with Gasteiger partial charge in [-0.1, -0.05) is 17.7 Å². The summed E-state index contributed by atoms with van der Waals surface area (Å²) in [7, 11) is 0. The lowest BCUT2D eigenvalue weighted by molar-refractivity contribution is -0.143. The first-order chi connectivity index (χ1) is 14.9. The molecule has 0 spiro atoms. The molecule has 0 aliphatic heterocycles. The summed E-state index contributed by atoms with van der Waals surface area (Å²) in [6.45, 7) is 5.67. The van der Waals surface area contributed by atoms with Crippen molar-refractivity contribution in [3.05, 3.63) is 59.4 Å². The van der Waals surface area contributed by atoms with Crippen LogP contribution < -0.4 is 5.32 Å². The van der Waals surface area contributed by atoms with Crippen LogP contribution in [0.1, 0.15) is 19.5 Å². The Kier molecular flexibility index (Phi) is 5.65. The third-order valence-electron chi connectivity index (χ3n) is 5.21. The fourth-order valence-electron chi connectivity index (χ4n) is 3.98. The Hall–Kier alpha value is -3.38. The Morgan fingerprint density at radius 2 is 1.94 bits per heavy atom. The number of pyridine rings is 1. The van der Waals surface area contributed by atoms with Gasteiger partial charge in [0.15, 0.2) is 0 Å². The molecule has 0 saturated heterocycles. The Morgan fingerprint density at radius 1 is 1.13 bits per heavy atom. The number of hydrogen-bond acceptors (Lipinski definition) is 4. The molecule has 0 bridgehead atoms. The van der Waals surface area contributed by atoms with Gasteiger partial charge in [0, 0.05) is 51.4 Å². The average Bonchev–Trinajstić information content (AvgIpc) is 2.98. The van der Waals surface area contributed by atoms with Crippen LogP contribution in [0.3, 0.4) is 0 Å². The predicted octanol–water partition coefficient (Wildman–Crippen LogP) is 5.34. The maximum Gasteiger partial charge on any atom is 0.325 e. The highest BCUT2D eigenvalue weighted by molar-refractivity contribution is 6.31. The van der Waals surface area contributed by atoms with Gasteiger partial charge in [-0.15, -0.1) is 0 Å². The van der Waals surface area contributed by atoms with E-state index < -0.39 is 0 Å². The molecule has 7 heteroatoms. The SMILES string of the molecule is CCOC(=O)Cn1c(C)c(-c2ccnc3cc(Cl)ccc23)c2cc(NC(C)=O)ccc21. The third-order valence-corrected chi connectivity index (χ3v) is 5.45. The van der Waals surface area contributed by atoms with Crippen LogP contribution in [0.2, 0.25) is 5.02 Å². The number of ether oxygens (including phenoxy) is 1. The number of hydrogen-bond donors (Lipinski definition) is 1. The zero-order valence-corrected chi connectivity index (χ0v) is 18.3. The van der Waals surface area contributed by atoms with Gasteiger partial charge >= 0.3 is 5.97 Å². The monoisotopic (exact) mass is 435 g/mol. The molecule has 0 saturated carbocycles. The van der Waals surface area contributed by atoms with E-state index in [4.69, 9.17) is 16.3 Å². The number of amides is 1. The molecule has 0 aliphatic rings. The summed E-state index contributed by atoms with van der Waals surface area (Å²) in [5.41, 5.74) is 5.23. The number of carbonyl (C=O) groups excluding carboxylic acids is 2. The van der Waals surface area contributed by atoms with Gasteiger partial charge in [-0.25, -0.2) is 0 Å². The zero-order valence-electron chi connectivity index (χ0n) is 17.5. The molecule has 4 aromatic rings. The van der Waals surface area contributed by atoms with Crippen LogP contribution in [0.4, 0.5) is 5.69 Å². The molecule has 1 N–H and O–H groups in total. The van der Waals surface area contributed by atoms with Gasteiger partial charge in [0.1, 0.15) is 6.54 Å². The number of rotatable bonds is 5. The van der Waals surface area contributed by atoms with Crippen molar-refractivity contribution in [1.82, 2.24) is 9.55 Å². The normalized spacial score (nSPS) is 11.1. The highest BCUT2D eigenvalue weighted by Crippen LogP contribution is 2.39. The number of halogens is 1. The minimum absolute atomic E-state index is 0.102. The fraction of sp³-hybridized carbons (Fsp3) is 0.208. The van der Waals surface area contributed by atoms with Crippen LogP contribution >= 0.6 is 11.6 Å². The molecule has 1 amide bonds. The molecular formula is C24H22ClN3O3. The van der Waals surface area contributed by atoms with Crippen molar-refractivity contribution in [3.63, 3.8) is 0 Å². The minimum Gasteiger partial charge on any atom is -0.465 e. The molecule has 0 radical (unpaired) electrons. The summed E-state index contributed by atoms with van der Waals surface area (Å²) in [5, 5.41) is 5.34. The molecule has 158 valence electrons. The van der Waals surface area contributed by atoms with Gasteiger partial charge in [-0.05, 0) is 55.8 Å². The Bertz CT molecular complexity index is 1330. The standard InChI is InChI=1S/C24H22ClN3O3/c1-4-31-23(30)13-28-14(2)24(20-12-17(27-15(3)29)6-8-22(20)28)19-9-10-26-21-11-16(25)5-7-18(19)21/h5-12H,4,13H2,1-3H3,(H,27,29). The highest BCUT2D eigenvalue weighted by Gasteiger charge is 2.20. The van der Waals surface area contributed by atoms with Gasteiger partial charge in [-0.3, -0.25) is 14.6 Å². The van der Waals surface area contributed by atoms with Crippen LogP contribution in [0, 0.1) is 6.92 Å². The summed E-state index contributed by atoms with van der Waals surface area (Å²) in [4.78, 5) is 28.3. The number of benzene rings is 2. The van der Waals surface area contributed by atoms with Crippen LogP contribution in [0.5, 0.6) is 0 Å². The van der Waals surface area contributed by atoms with Crippen molar-refractivity contribution < 1.29 is 14.3 Å². The molecule has 6 nitrogen and oxygen atoms in total. The van der Waals surface area contributed by atoms with E-state index in [1.807, 2.05) is 54.0 Å². The van der Waals surface area contributed by atoms with Crippen molar-refractivity contribution >= 4 is 51.0 Å². The van der Waals surface area contributed by atoms with Gasteiger partial charge in [0.05, 0.1) is 12.1 Å². The third kappa shape index (κ3) is 3.99. The zero-order chi connectivity index (χ0) is 22.1. The lowest BCUT2D eigenvalue weighted by Crippen LogP contribution is -2.14. The van der Waals surface area contributed by atoms with Gasteiger partial charge in [0.2, 0.25) is 5.91 Å².